The van der Waals surface area contributed by atoms with Gasteiger partial charge in [-0.2, -0.15) is 0 Å². The van der Waals surface area contributed by atoms with Crippen molar-refractivity contribution >= 4 is 27.9 Å². The lowest BCUT2D eigenvalue weighted by molar-refractivity contribution is 0.100. The smallest absolute Gasteiger partial charge is 0.261 e. The molecular weight excluding hydrogens is 252 g/mol. The van der Waals surface area contributed by atoms with Crippen LogP contribution < -0.4 is 21.5 Å². The Kier molecular flexibility index (Phi) is 4.80. The Balaban J connectivity index is 2.88. The number of hydrogen-bond donors (Lipinski definition) is 3. The molecule has 1 atom stereocenters. The maximum Gasteiger partial charge on any atom is 0.261 e. The highest BCUT2D eigenvalue weighted by molar-refractivity contribution is 7.19. The molecular formula is C11H20N4O2S. The standard InChI is InChI=1S/C11H20N4O2S/c1-6(15(2)3)5-14-11-8(17-4)7(12)9(18-11)10(13)16/h6,14H,5,12H2,1-4H3,(H2,13,16). The molecule has 1 heterocycles. The zero-order valence-electron chi connectivity index (χ0n) is 11.1. The average Bonchev–Trinajstić information content (AvgIpc) is 2.62. The van der Waals surface area contributed by atoms with Crippen LogP contribution in [0.3, 0.4) is 0 Å². The van der Waals surface area contributed by atoms with Crippen molar-refractivity contribution in [1.29, 1.82) is 0 Å². The Morgan fingerprint density at radius 3 is 2.61 bits per heavy atom. The summed E-state index contributed by atoms with van der Waals surface area (Å²) in [6.07, 6.45) is 0. The van der Waals surface area contributed by atoms with Gasteiger partial charge in [-0.1, -0.05) is 0 Å². The molecule has 1 aromatic heterocycles. The van der Waals surface area contributed by atoms with E-state index in [9.17, 15) is 4.79 Å². The molecule has 0 saturated carbocycles. The third kappa shape index (κ3) is 3.05. The van der Waals surface area contributed by atoms with E-state index in [1.165, 1.54) is 18.4 Å². The molecule has 1 unspecified atom stereocenters. The van der Waals surface area contributed by atoms with Crippen LogP contribution in [0.5, 0.6) is 5.75 Å². The van der Waals surface area contributed by atoms with E-state index in [2.05, 4.69) is 17.1 Å². The second kappa shape index (κ2) is 5.92. The van der Waals surface area contributed by atoms with Crippen molar-refractivity contribution in [3.8, 4) is 5.75 Å². The van der Waals surface area contributed by atoms with Gasteiger partial charge in [0.05, 0.1) is 7.11 Å². The fraction of sp³-hybridized carbons (Fsp3) is 0.545. The number of nitrogens with two attached hydrogens (primary N) is 2. The molecule has 1 rings (SSSR count). The predicted molar refractivity (Wildman–Crippen MR) is 75.4 cm³/mol. The van der Waals surface area contributed by atoms with Crippen LogP contribution in [0.2, 0.25) is 0 Å². The maximum atomic E-state index is 11.2. The van der Waals surface area contributed by atoms with E-state index < -0.39 is 5.91 Å². The second-order valence-electron chi connectivity index (χ2n) is 4.27. The normalized spacial score (nSPS) is 12.5. The Morgan fingerprint density at radius 2 is 2.17 bits per heavy atom. The second-order valence-corrected chi connectivity index (χ2v) is 5.29. The summed E-state index contributed by atoms with van der Waals surface area (Å²) in [7, 11) is 5.52. The van der Waals surface area contributed by atoms with Crippen molar-refractivity contribution in [3.63, 3.8) is 0 Å². The summed E-state index contributed by atoms with van der Waals surface area (Å²) in [6.45, 7) is 2.81. The highest BCUT2D eigenvalue weighted by Gasteiger charge is 2.20. The summed E-state index contributed by atoms with van der Waals surface area (Å²) in [5.41, 5.74) is 11.4. The molecule has 0 fully saturated rings. The van der Waals surface area contributed by atoms with Crippen molar-refractivity contribution in [1.82, 2.24) is 4.90 Å². The minimum atomic E-state index is -0.537. The number of primary amides is 1. The van der Waals surface area contributed by atoms with Crippen LogP contribution in [0.4, 0.5) is 10.7 Å². The number of rotatable bonds is 6. The summed E-state index contributed by atoms with van der Waals surface area (Å²) in [5, 5.41) is 3.96. The van der Waals surface area contributed by atoms with Gasteiger partial charge in [-0.15, -0.1) is 11.3 Å². The van der Waals surface area contributed by atoms with E-state index in [1.54, 1.807) is 0 Å². The lowest BCUT2D eigenvalue weighted by Crippen LogP contribution is -2.31. The molecule has 0 aliphatic heterocycles. The highest BCUT2D eigenvalue weighted by Crippen LogP contribution is 2.42. The number of hydrogen-bond acceptors (Lipinski definition) is 6. The Bertz CT molecular complexity index is 431. The first-order chi connectivity index (χ1) is 8.38. The molecule has 102 valence electrons. The van der Waals surface area contributed by atoms with Crippen LogP contribution >= 0.6 is 11.3 Å². The van der Waals surface area contributed by atoms with Crippen LogP contribution in [0, 0.1) is 0 Å². The molecule has 5 N–H and O–H groups in total. The first kappa shape index (κ1) is 14.6. The van der Waals surface area contributed by atoms with Crippen LogP contribution in [0.15, 0.2) is 0 Å². The highest BCUT2D eigenvalue weighted by atomic mass is 32.1. The molecule has 1 aromatic rings. The zero-order chi connectivity index (χ0) is 13.9. The number of anilines is 2. The number of thiophene rings is 1. The number of likely N-dealkylation sites (N-methyl/N-ethyl adjacent to an activating group) is 1. The van der Waals surface area contributed by atoms with Gasteiger partial charge in [-0.25, -0.2) is 0 Å². The van der Waals surface area contributed by atoms with Gasteiger partial charge in [0.25, 0.3) is 5.91 Å². The lowest BCUT2D eigenvalue weighted by atomic mass is 10.3. The minimum absolute atomic E-state index is 0.301. The van der Waals surface area contributed by atoms with Gasteiger partial charge in [-0.05, 0) is 21.0 Å². The number of nitrogens with zero attached hydrogens (tertiary/aromatic N) is 1. The Morgan fingerprint density at radius 1 is 1.56 bits per heavy atom. The largest absolute Gasteiger partial charge is 0.492 e. The molecule has 0 aliphatic carbocycles. The molecule has 0 aromatic carbocycles. The Labute approximate surface area is 111 Å². The summed E-state index contributed by atoms with van der Waals surface area (Å²) in [5.74, 6) is -0.0516. The molecule has 0 saturated heterocycles. The van der Waals surface area contributed by atoms with Crippen LogP contribution in [-0.4, -0.2) is 44.6 Å². The van der Waals surface area contributed by atoms with Crippen LogP contribution in [0.25, 0.3) is 0 Å². The fourth-order valence-corrected chi connectivity index (χ4v) is 2.30. The molecule has 0 spiro atoms. The van der Waals surface area contributed by atoms with Crippen molar-refractivity contribution in [3.05, 3.63) is 4.88 Å². The fourth-order valence-electron chi connectivity index (χ4n) is 1.35. The SMILES string of the molecule is COc1c(NCC(C)N(C)C)sc(C(N)=O)c1N. The summed E-state index contributed by atoms with van der Waals surface area (Å²) in [6, 6.07) is 0.343. The maximum absolute atomic E-state index is 11.2. The number of nitrogens with one attached hydrogen (secondary N) is 1. The molecule has 1 amide bonds. The van der Waals surface area contributed by atoms with Gasteiger partial charge in [0.15, 0.2) is 5.75 Å². The van der Waals surface area contributed by atoms with Crippen molar-refractivity contribution in [2.75, 3.05) is 38.8 Å². The summed E-state index contributed by atoms with van der Waals surface area (Å²) in [4.78, 5) is 13.6. The van der Waals surface area contributed by atoms with Gasteiger partial charge in [0, 0.05) is 12.6 Å². The van der Waals surface area contributed by atoms with Gasteiger partial charge in [0.1, 0.15) is 15.6 Å². The molecule has 18 heavy (non-hydrogen) atoms. The van der Waals surface area contributed by atoms with E-state index >= 15 is 0 Å². The summed E-state index contributed by atoms with van der Waals surface area (Å²) < 4.78 is 5.20. The third-order valence-electron chi connectivity index (χ3n) is 2.77. The quantitative estimate of drug-likeness (QED) is 0.712. The number of nitrogen functional groups attached to an aromatic ring is 1. The number of carbonyl (C=O) groups excluding carboxylic acids is 1. The molecule has 0 bridgehead atoms. The van der Waals surface area contributed by atoms with Gasteiger partial charge in [0.2, 0.25) is 0 Å². The van der Waals surface area contributed by atoms with Crippen molar-refractivity contribution < 1.29 is 9.53 Å². The average molecular weight is 272 g/mol. The van der Waals surface area contributed by atoms with Gasteiger partial charge in [-0.3, -0.25) is 4.79 Å². The molecule has 6 nitrogen and oxygen atoms in total. The first-order valence-corrected chi connectivity index (χ1v) is 6.36. The zero-order valence-corrected chi connectivity index (χ0v) is 11.9. The molecule has 0 radical (unpaired) electrons. The van der Waals surface area contributed by atoms with Crippen LogP contribution in [-0.2, 0) is 0 Å². The Hall–Kier alpha value is -1.47. The topological polar surface area (TPSA) is 93.6 Å². The van der Waals surface area contributed by atoms with E-state index in [4.69, 9.17) is 16.2 Å². The molecule has 7 heteroatoms. The number of ether oxygens (including phenoxy) is 1. The van der Waals surface area contributed by atoms with Crippen molar-refractivity contribution in [2.24, 2.45) is 5.73 Å². The third-order valence-corrected chi connectivity index (χ3v) is 3.93. The van der Waals surface area contributed by atoms with E-state index in [0.717, 1.165) is 11.5 Å². The van der Waals surface area contributed by atoms with E-state index in [-0.39, 0.29) is 0 Å². The lowest BCUT2D eigenvalue weighted by Gasteiger charge is -2.20. The van der Waals surface area contributed by atoms with Crippen molar-refractivity contribution in [2.45, 2.75) is 13.0 Å². The van der Waals surface area contributed by atoms with Gasteiger partial charge < -0.3 is 26.4 Å². The van der Waals surface area contributed by atoms with Crippen LogP contribution in [0.1, 0.15) is 16.6 Å². The minimum Gasteiger partial charge on any atom is -0.492 e. The monoisotopic (exact) mass is 272 g/mol. The van der Waals surface area contributed by atoms with E-state index in [1.807, 2.05) is 14.1 Å². The number of carbonyl (C=O) groups is 1. The summed E-state index contributed by atoms with van der Waals surface area (Å²) >= 11 is 1.22. The number of methoxy groups -OCH3 is 1. The molecule has 0 aliphatic rings. The van der Waals surface area contributed by atoms with E-state index in [0.29, 0.717) is 22.4 Å². The first-order valence-electron chi connectivity index (χ1n) is 5.54. The predicted octanol–water partition coefficient (Wildman–Crippen LogP) is 0.800. The number of amides is 1. The van der Waals surface area contributed by atoms with Gasteiger partial charge >= 0.3 is 0 Å².